The molecule has 1 fully saturated rings. The molecule has 1 amide bonds. The summed E-state index contributed by atoms with van der Waals surface area (Å²) in [5, 5.41) is 4.10. The van der Waals surface area contributed by atoms with Gasteiger partial charge in [0.1, 0.15) is 19.5 Å². The molecule has 36 heavy (non-hydrogen) atoms. The van der Waals surface area contributed by atoms with Crippen LogP contribution in [0.15, 0.2) is 107 Å². The van der Waals surface area contributed by atoms with Gasteiger partial charge in [-0.1, -0.05) is 89.3 Å². The maximum atomic E-state index is 14.0. The van der Waals surface area contributed by atoms with Crippen molar-refractivity contribution in [3.63, 3.8) is 0 Å². The summed E-state index contributed by atoms with van der Waals surface area (Å²) < 4.78 is 29.1. The van der Waals surface area contributed by atoms with Crippen LogP contribution in [-0.4, -0.2) is 41.7 Å². The predicted octanol–water partition coefficient (Wildman–Crippen LogP) is 4.39. The molecule has 8 nitrogen and oxygen atoms in total. The van der Waals surface area contributed by atoms with E-state index < -0.39 is 28.6 Å². The fourth-order valence-corrected chi connectivity index (χ4v) is 6.17. The molecule has 2 aliphatic rings. The normalized spacial score (nSPS) is 17.8. The number of hydrazine groups is 1. The van der Waals surface area contributed by atoms with Crippen molar-refractivity contribution >= 4 is 38.7 Å². The van der Waals surface area contributed by atoms with Crippen LogP contribution in [0.2, 0.25) is 0 Å². The van der Waals surface area contributed by atoms with Crippen LogP contribution in [0.4, 0.5) is 5.69 Å². The lowest BCUT2D eigenvalue weighted by atomic mass is 10.1. The second-order valence-corrected chi connectivity index (χ2v) is 10.3. The van der Waals surface area contributed by atoms with E-state index in [0.717, 1.165) is 15.4 Å². The predicted molar refractivity (Wildman–Crippen MR) is 135 cm³/mol. The van der Waals surface area contributed by atoms with Crippen molar-refractivity contribution in [2.24, 2.45) is 4.99 Å². The third kappa shape index (κ3) is 3.74. The quantitative estimate of drug-likeness (QED) is 0.408. The second-order valence-electron chi connectivity index (χ2n) is 8.50. The third-order valence-corrected chi connectivity index (χ3v) is 8.08. The van der Waals surface area contributed by atoms with E-state index in [1.165, 1.54) is 16.4 Å². The number of para-hydroxylation sites is 1. The van der Waals surface area contributed by atoms with Gasteiger partial charge in [0, 0.05) is 10.9 Å². The first-order chi connectivity index (χ1) is 17.5. The van der Waals surface area contributed by atoms with E-state index in [1.54, 1.807) is 24.3 Å². The van der Waals surface area contributed by atoms with Crippen LogP contribution in [0.3, 0.4) is 0 Å². The number of benzene rings is 4. The van der Waals surface area contributed by atoms with Crippen molar-refractivity contribution < 1.29 is 18.0 Å². The lowest BCUT2D eigenvalue weighted by molar-refractivity contribution is -0.248. The highest BCUT2D eigenvalue weighted by atomic mass is 32.2. The number of hydrogen-bond acceptors (Lipinski definition) is 6. The van der Waals surface area contributed by atoms with E-state index >= 15 is 0 Å². The minimum atomic E-state index is -4.12. The number of hydrogen-bond donors (Lipinski definition) is 0. The van der Waals surface area contributed by atoms with Crippen molar-refractivity contribution in [2.75, 3.05) is 6.54 Å². The minimum Gasteiger partial charge on any atom is -0.271 e. The van der Waals surface area contributed by atoms with Gasteiger partial charge in [0.15, 0.2) is 6.17 Å². The minimum absolute atomic E-state index is 0.123. The van der Waals surface area contributed by atoms with Crippen molar-refractivity contribution in [2.45, 2.75) is 17.7 Å². The molecule has 0 aromatic heterocycles. The molecule has 0 saturated carbocycles. The molecule has 180 valence electrons. The Balaban J connectivity index is 1.42. The highest BCUT2D eigenvalue weighted by molar-refractivity contribution is 7.89. The van der Waals surface area contributed by atoms with E-state index in [0.29, 0.717) is 16.6 Å². The first kappa shape index (κ1) is 22.4. The SMILES string of the molecule is O=C1CN(S(=O)(=O)c2cccc3ccccc23)N2C=Nc3ccccc3C2N1OCc1ccccc1. The largest absolute Gasteiger partial charge is 0.271 e. The van der Waals surface area contributed by atoms with Gasteiger partial charge >= 0.3 is 0 Å². The summed E-state index contributed by atoms with van der Waals surface area (Å²) in [6.45, 7) is -0.267. The first-order valence-corrected chi connectivity index (χ1v) is 12.9. The summed E-state index contributed by atoms with van der Waals surface area (Å²) in [6.07, 6.45) is 0.606. The molecular formula is C27H22N4O4S. The summed E-state index contributed by atoms with van der Waals surface area (Å²) in [7, 11) is -4.12. The molecule has 0 aliphatic carbocycles. The number of fused-ring (bicyclic) bond motifs is 4. The van der Waals surface area contributed by atoms with Crippen molar-refractivity contribution in [1.82, 2.24) is 14.5 Å². The Morgan fingerprint density at radius 1 is 0.861 bits per heavy atom. The molecule has 0 N–H and O–H groups in total. The Morgan fingerprint density at radius 2 is 1.58 bits per heavy atom. The number of sulfonamides is 1. The lowest BCUT2D eigenvalue weighted by Crippen LogP contribution is -2.62. The lowest BCUT2D eigenvalue weighted by Gasteiger charge is -2.48. The highest BCUT2D eigenvalue weighted by Crippen LogP contribution is 2.41. The number of nitrogens with zero attached hydrogens (tertiary/aromatic N) is 4. The molecule has 2 heterocycles. The summed E-state index contributed by atoms with van der Waals surface area (Å²) in [5.74, 6) is -0.471. The zero-order valence-corrected chi connectivity index (χ0v) is 20.0. The maximum absolute atomic E-state index is 14.0. The summed E-state index contributed by atoms with van der Waals surface area (Å²) in [6, 6.07) is 29.2. The molecule has 1 saturated heterocycles. The molecule has 6 rings (SSSR count). The number of carbonyl (C=O) groups is 1. The van der Waals surface area contributed by atoms with Gasteiger partial charge in [0.2, 0.25) is 0 Å². The van der Waals surface area contributed by atoms with Crippen molar-refractivity contribution in [1.29, 1.82) is 0 Å². The van der Waals surface area contributed by atoms with Crippen LogP contribution in [0.5, 0.6) is 0 Å². The van der Waals surface area contributed by atoms with Crippen LogP contribution in [-0.2, 0) is 26.3 Å². The van der Waals surface area contributed by atoms with Crippen LogP contribution >= 0.6 is 0 Å². The number of hydroxylamine groups is 2. The van der Waals surface area contributed by atoms with Gasteiger partial charge in [-0.3, -0.25) is 14.6 Å². The van der Waals surface area contributed by atoms with Crippen LogP contribution in [0.1, 0.15) is 17.3 Å². The second kappa shape index (κ2) is 8.87. The molecule has 2 aliphatic heterocycles. The molecule has 0 radical (unpaired) electrons. The number of carbonyl (C=O) groups excluding carboxylic acids is 1. The van der Waals surface area contributed by atoms with Gasteiger partial charge in [-0.15, -0.1) is 0 Å². The molecule has 0 spiro atoms. The fraction of sp³-hybridized carbons (Fsp3) is 0.111. The number of aliphatic imine (C=N–C) groups is 1. The van der Waals surface area contributed by atoms with Crippen LogP contribution in [0.25, 0.3) is 10.8 Å². The van der Waals surface area contributed by atoms with E-state index in [-0.39, 0.29) is 11.5 Å². The molecule has 0 bridgehead atoms. The zero-order valence-electron chi connectivity index (χ0n) is 19.1. The van der Waals surface area contributed by atoms with Crippen LogP contribution in [0, 0.1) is 0 Å². The third-order valence-electron chi connectivity index (χ3n) is 6.29. The van der Waals surface area contributed by atoms with Crippen molar-refractivity contribution in [3.05, 3.63) is 108 Å². The number of rotatable bonds is 5. The average Bonchev–Trinajstić information content (AvgIpc) is 2.92. The van der Waals surface area contributed by atoms with Gasteiger partial charge in [0.25, 0.3) is 15.9 Å². The Morgan fingerprint density at radius 3 is 2.44 bits per heavy atom. The van der Waals surface area contributed by atoms with E-state index in [1.807, 2.05) is 72.8 Å². The van der Waals surface area contributed by atoms with Gasteiger partial charge in [-0.2, -0.15) is 5.06 Å². The smallest absolute Gasteiger partial charge is 0.265 e. The molecule has 4 aromatic carbocycles. The maximum Gasteiger partial charge on any atom is 0.265 e. The zero-order chi connectivity index (χ0) is 24.7. The Labute approximate surface area is 208 Å². The number of amides is 1. The van der Waals surface area contributed by atoms with Gasteiger partial charge < -0.3 is 0 Å². The molecule has 1 unspecified atom stereocenters. The summed E-state index contributed by atoms with van der Waals surface area (Å²) >= 11 is 0. The van der Waals surface area contributed by atoms with Crippen LogP contribution < -0.4 is 0 Å². The Hall–Kier alpha value is -4.05. The van der Waals surface area contributed by atoms with E-state index in [4.69, 9.17) is 4.84 Å². The van der Waals surface area contributed by atoms with Crippen molar-refractivity contribution in [3.8, 4) is 0 Å². The average molecular weight is 499 g/mol. The van der Waals surface area contributed by atoms with E-state index in [9.17, 15) is 13.2 Å². The first-order valence-electron chi connectivity index (χ1n) is 11.4. The Bertz CT molecular complexity index is 1580. The summed E-state index contributed by atoms with van der Waals surface area (Å²) in [5.41, 5.74) is 2.20. The van der Waals surface area contributed by atoms with Gasteiger partial charge in [-0.05, 0) is 23.1 Å². The topological polar surface area (TPSA) is 82.5 Å². The summed E-state index contributed by atoms with van der Waals surface area (Å²) in [4.78, 5) is 24.1. The van der Waals surface area contributed by atoms with Gasteiger partial charge in [0.05, 0.1) is 10.6 Å². The molecular weight excluding hydrogens is 476 g/mol. The van der Waals surface area contributed by atoms with Gasteiger partial charge in [-0.25, -0.2) is 13.4 Å². The standard InChI is InChI=1S/C27H22N4O4S/c32-26-17-30(36(33,34)25-16-8-12-21-11-4-5-13-22(21)25)29-19-28-24-15-7-6-14-23(24)27(29)31(26)35-18-20-9-2-1-3-10-20/h1-16,19,27H,17-18H2. The molecule has 9 heteroatoms. The molecule has 4 aromatic rings. The van der Waals surface area contributed by atoms with E-state index in [2.05, 4.69) is 4.99 Å². The molecule has 1 atom stereocenters. The highest BCUT2D eigenvalue weighted by Gasteiger charge is 2.47. The Kier molecular flexibility index (Phi) is 5.52. The fourth-order valence-electron chi connectivity index (χ4n) is 4.57. The monoisotopic (exact) mass is 498 g/mol.